The average Bonchev–Trinajstić information content (AvgIpc) is 3.37. The summed E-state index contributed by atoms with van der Waals surface area (Å²) in [4.78, 5) is 18.4. The molecular formula is C19H30N6OS2. The van der Waals surface area contributed by atoms with Crippen molar-refractivity contribution < 1.29 is 4.79 Å². The molecule has 9 heteroatoms. The van der Waals surface area contributed by atoms with Gasteiger partial charge >= 0.3 is 6.03 Å². The predicted molar refractivity (Wildman–Crippen MR) is 119 cm³/mol. The summed E-state index contributed by atoms with van der Waals surface area (Å²) in [5.74, 6) is 0.670. The smallest absolute Gasteiger partial charge is 0.329 e. The zero-order valence-corrected chi connectivity index (χ0v) is 18.5. The Bertz CT molecular complexity index is 785. The second-order valence-corrected chi connectivity index (χ2v) is 9.05. The van der Waals surface area contributed by atoms with Crippen LogP contribution in [0.25, 0.3) is 0 Å². The molecule has 2 amide bonds. The van der Waals surface area contributed by atoms with Crippen LogP contribution in [-0.4, -0.2) is 47.5 Å². The number of aryl methyl sites for hydroxylation is 2. The van der Waals surface area contributed by atoms with E-state index in [4.69, 9.17) is 0 Å². The van der Waals surface area contributed by atoms with Crippen molar-refractivity contribution in [3.63, 3.8) is 0 Å². The Morgan fingerprint density at radius 3 is 2.68 bits per heavy atom. The van der Waals surface area contributed by atoms with Gasteiger partial charge in [0.05, 0.1) is 24.2 Å². The molecule has 2 N–H and O–H groups in total. The first kappa shape index (κ1) is 21.0. The van der Waals surface area contributed by atoms with Crippen LogP contribution in [0, 0.1) is 6.92 Å². The first-order valence-electron chi connectivity index (χ1n) is 9.70. The topological polar surface area (TPSA) is 65.4 Å². The van der Waals surface area contributed by atoms with Gasteiger partial charge in [0.2, 0.25) is 0 Å². The molecule has 28 heavy (non-hydrogen) atoms. The van der Waals surface area contributed by atoms with Crippen molar-refractivity contribution in [3.8, 4) is 0 Å². The van der Waals surface area contributed by atoms with Crippen LogP contribution in [0.1, 0.15) is 41.4 Å². The Morgan fingerprint density at radius 2 is 2.04 bits per heavy atom. The molecule has 2 aromatic rings. The van der Waals surface area contributed by atoms with E-state index in [2.05, 4.69) is 57.9 Å². The van der Waals surface area contributed by atoms with Crippen LogP contribution in [0.3, 0.4) is 0 Å². The lowest BCUT2D eigenvalue weighted by molar-refractivity contribution is 0.257. The Hall–Kier alpha value is -1.71. The van der Waals surface area contributed by atoms with E-state index in [0.717, 1.165) is 18.9 Å². The predicted octanol–water partition coefficient (Wildman–Crippen LogP) is 3.81. The number of carbonyl (C=O) groups is 1. The number of nitrogens with one attached hydrogen (secondary N) is 2. The van der Waals surface area contributed by atoms with Gasteiger partial charge in [-0.1, -0.05) is 12.8 Å². The Balaban J connectivity index is 0.000000161. The lowest BCUT2D eigenvalue weighted by Gasteiger charge is -2.24. The lowest BCUT2D eigenvalue weighted by atomic mass is 10.3. The van der Waals surface area contributed by atoms with Gasteiger partial charge in [-0.3, -0.25) is 14.3 Å². The van der Waals surface area contributed by atoms with Crippen molar-refractivity contribution in [2.75, 3.05) is 37.0 Å². The van der Waals surface area contributed by atoms with E-state index in [9.17, 15) is 4.79 Å². The molecule has 1 saturated carbocycles. The van der Waals surface area contributed by atoms with E-state index < -0.39 is 0 Å². The molecule has 1 aliphatic carbocycles. The zero-order valence-electron chi connectivity index (χ0n) is 16.8. The van der Waals surface area contributed by atoms with Crippen molar-refractivity contribution in [2.45, 2.75) is 38.5 Å². The quantitative estimate of drug-likeness (QED) is 0.658. The summed E-state index contributed by atoms with van der Waals surface area (Å²) in [6, 6.07) is 1.74. The van der Waals surface area contributed by atoms with Gasteiger partial charge in [0.1, 0.15) is 0 Å². The summed E-state index contributed by atoms with van der Waals surface area (Å²) in [5, 5.41) is 6.99. The number of rotatable bonds is 3. The highest BCUT2D eigenvalue weighted by molar-refractivity contribution is 7.78. The SMILES string of the molecule is CN1CCCCN(c2cnn(C)c2)C1.Cc1cc(NC(=O)NS)c(C2CC2)s1. The summed E-state index contributed by atoms with van der Waals surface area (Å²) in [7, 11) is 4.14. The highest BCUT2D eigenvalue weighted by Crippen LogP contribution is 2.47. The molecule has 3 heterocycles. The number of anilines is 2. The maximum absolute atomic E-state index is 11.1. The number of thiol groups is 1. The third-order valence-corrected chi connectivity index (χ3v) is 6.28. The molecule has 2 aliphatic rings. The molecule has 0 atom stereocenters. The molecule has 0 unspecified atom stereocenters. The minimum atomic E-state index is -0.270. The van der Waals surface area contributed by atoms with E-state index >= 15 is 0 Å². The number of amides is 2. The summed E-state index contributed by atoms with van der Waals surface area (Å²) in [5.41, 5.74) is 2.18. The van der Waals surface area contributed by atoms with Gasteiger partial charge in [0.15, 0.2) is 0 Å². The fourth-order valence-corrected chi connectivity index (χ4v) is 4.53. The standard InChI is InChI=1S/C10H18N4.C9H12N2OS2/c1-12-5-3-4-6-14(9-12)10-7-11-13(2)8-10;1-5-4-7(10-9(12)11-13)8(14-5)6-2-3-6/h7-8H,3-6,9H2,1-2H3;4,6,13H,2-3H2,1H3,(H2,10,11,12). The first-order valence-corrected chi connectivity index (χ1v) is 11.0. The summed E-state index contributed by atoms with van der Waals surface area (Å²) in [6.07, 6.45) is 9.10. The Morgan fingerprint density at radius 1 is 1.29 bits per heavy atom. The number of hydrogen-bond acceptors (Lipinski definition) is 6. The van der Waals surface area contributed by atoms with Crippen LogP contribution in [0.2, 0.25) is 0 Å². The molecule has 2 aromatic heterocycles. The summed E-state index contributed by atoms with van der Waals surface area (Å²) in [6.45, 7) is 5.43. The molecule has 0 spiro atoms. The van der Waals surface area contributed by atoms with Gasteiger partial charge in [-0.05, 0) is 58.2 Å². The third kappa shape index (κ3) is 5.89. The molecule has 0 radical (unpaired) electrons. The maximum Gasteiger partial charge on any atom is 0.329 e. The minimum absolute atomic E-state index is 0.270. The molecule has 1 aliphatic heterocycles. The van der Waals surface area contributed by atoms with Crippen LogP contribution < -0.4 is 14.9 Å². The molecular weight excluding hydrogens is 392 g/mol. The summed E-state index contributed by atoms with van der Waals surface area (Å²) >= 11 is 5.47. The van der Waals surface area contributed by atoms with Crippen molar-refractivity contribution in [1.29, 1.82) is 0 Å². The number of carbonyl (C=O) groups excluding carboxylic acids is 1. The number of thiophene rings is 1. The fraction of sp³-hybridized carbons (Fsp3) is 0.579. The number of aromatic nitrogens is 2. The molecule has 0 aromatic carbocycles. The van der Waals surface area contributed by atoms with Crippen LogP contribution in [0.15, 0.2) is 18.5 Å². The highest BCUT2D eigenvalue weighted by Gasteiger charge is 2.28. The monoisotopic (exact) mass is 422 g/mol. The molecule has 4 rings (SSSR count). The largest absolute Gasteiger partial charge is 0.356 e. The lowest BCUT2D eigenvalue weighted by Crippen LogP contribution is -2.33. The number of urea groups is 1. The average molecular weight is 423 g/mol. The van der Waals surface area contributed by atoms with Gasteiger partial charge in [-0.15, -0.1) is 11.3 Å². The normalized spacial score (nSPS) is 17.5. The van der Waals surface area contributed by atoms with Crippen LogP contribution in [0.5, 0.6) is 0 Å². The maximum atomic E-state index is 11.1. The van der Waals surface area contributed by atoms with E-state index in [-0.39, 0.29) is 6.03 Å². The highest BCUT2D eigenvalue weighted by atomic mass is 32.1. The van der Waals surface area contributed by atoms with E-state index in [1.807, 2.05) is 24.0 Å². The zero-order chi connectivity index (χ0) is 20.1. The van der Waals surface area contributed by atoms with Gasteiger partial charge in [-0.25, -0.2) is 4.79 Å². The first-order chi connectivity index (χ1) is 13.5. The second kappa shape index (κ2) is 9.67. The summed E-state index contributed by atoms with van der Waals surface area (Å²) < 4.78 is 4.12. The third-order valence-electron chi connectivity index (χ3n) is 4.87. The van der Waals surface area contributed by atoms with Crippen LogP contribution >= 0.6 is 24.2 Å². The van der Waals surface area contributed by atoms with Crippen molar-refractivity contribution >= 4 is 41.6 Å². The Labute approximate surface area is 176 Å². The van der Waals surface area contributed by atoms with Crippen molar-refractivity contribution in [1.82, 2.24) is 19.4 Å². The fourth-order valence-electron chi connectivity index (χ4n) is 3.33. The Kier molecular flexibility index (Phi) is 7.25. The van der Waals surface area contributed by atoms with Crippen LogP contribution in [-0.2, 0) is 7.05 Å². The van der Waals surface area contributed by atoms with Gasteiger partial charge < -0.3 is 10.2 Å². The van der Waals surface area contributed by atoms with Gasteiger partial charge in [-0.2, -0.15) is 5.10 Å². The van der Waals surface area contributed by atoms with Crippen molar-refractivity contribution in [2.24, 2.45) is 7.05 Å². The van der Waals surface area contributed by atoms with E-state index in [1.165, 1.54) is 47.7 Å². The number of nitrogens with zero attached hydrogens (tertiary/aromatic N) is 4. The minimum Gasteiger partial charge on any atom is -0.356 e. The van der Waals surface area contributed by atoms with Crippen molar-refractivity contribution in [3.05, 3.63) is 28.2 Å². The van der Waals surface area contributed by atoms with Gasteiger partial charge in [0.25, 0.3) is 0 Å². The van der Waals surface area contributed by atoms with E-state index in [1.54, 1.807) is 11.3 Å². The van der Waals surface area contributed by atoms with Gasteiger partial charge in [0, 0.05) is 29.5 Å². The molecule has 7 nitrogen and oxygen atoms in total. The molecule has 154 valence electrons. The van der Waals surface area contributed by atoms with E-state index in [0.29, 0.717) is 5.92 Å². The molecule has 1 saturated heterocycles. The second-order valence-electron chi connectivity index (χ2n) is 7.54. The molecule has 2 fully saturated rings. The molecule has 0 bridgehead atoms. The number of hydrogen-bond donors (Lipinski definition) is 3. The van der Waals surface area contributed by atoms with Crippen LogP contribution in [0.4, 0.5) is 16.2 Å².